The lowest BCUT2D eigenvalue weighted by Crippen LogP contribution is -2.72. The Balaban J connectivity index is 1.97. The van der Waals surface area contributed by atoms with Crippen molar-refractivity contribution in [1.29, 1.82) is 0 Å². The van der Waals surface area contributed by atoms with Crippen molar-refractivity contribution < 1.29 is 24.4 Å². The molecule has 5 heteroatoms. The van der Waals surface area contributed by atoms with E-state index in [1.807, 2.05) is 6.92 Å². The van der Waals surface area contributed by atoms with E-state index in [4.69, 9.17) is 14.2 Å². The highest BCUT2D eigenvalue weighted by Crippen LogP contribution is 2.42. The van der Waals surface area contributed by atoms with Crippen LogP contribution in [0.2, 0.25) is 0 Å². The van der Waals surface area contributed by atoms with Gasteiger partial charge < -0.3 is 24.4 Å². The molecule has 4 unspecified atom stereocenters. The van der Waals surface area contributed by atoms with E-state index >= 15 is 0 Å². The number of ether oxygens (including phenoxy) is 3. The molecule has 4 bridgehead atoms. The first-order valence-electron chi connectivity index (χ1n) is 4.51. The molecule has 74 valence electrons. The predicted octanol–water partition coefficient (Wildman–Crippen LogP) is -1.18. The lowest BCUT2D eigenvalue weighted by atomic mass is 9.78. The summed E-state index contributed by atoms with van der Waals surface area (Å²) in [6, 6.07) is 0. The maximum Gasteiger partial charge on any atom is 0.272 e. The second-order valence-corrected chi connectivity index (χ2v) is 3.93. The van der Waals surface area contributed by atoms with E-state index < -0.39 is 24.8 Å². The molecule has 3 aliphatic heterocycles. The van der Waals surface area contributed by atoms with Crippen LogP contribution in [0.25, 0.3) is 0 Å². The van der Waals surface area contributed by atoms with Gasteiger partial charge in [0.05, 0.1) is 12.2 Å². The molecule has 4 rings (SSSR count). The minimum absolute atomic E-state index is 0.0152. The molecule has 2 N–H and O–H groups in total. The summed E-state index contributed by atoms with van der Waals surface area (Å²) in [6.07, 6.45) is -2.53. The van der Waals surface area contributed by atoms with Crippen LogP contribution in [0.3, 0.4) is 0 Å². The Morgan fingerprint density at radius 3 is 1.85 bits per heavy atom. The summed E-state index contributed by atoms with van der Waals surface area (Å²) in [5, 5.41) is 19.4. The Morgan fingerprint density at radius 1 is 0.846 bits per heavy atom. The average molecular weight is 188 g/mol. The van der Waals surface area contributed by atoms with Crippen LogP contribution < -0.4 is 0 Å². The molecular weight excluding hydrogens is 176 g/mol. The number of aliphatic hydroxyl groups excluding tert-OH is 2. The molecule has 5 nitrogen and oxygen atoms in total. The van der Waals surface area contributed by atoms with Gasteiger partial charge in [0.1, 0.15) is 18.3 Å². The molecule has 0 spiro atoms. The van der Waals surface area contributed by atoms with Gasteiger partial charge in [0.25, 0.3) is 6.48 Å². The summed E-state index contributed by atoms with van der Waals surface area (Å²) < 4.78 is 15.7. The Morgan fingerprint density at radius 2 is 1.31 bits per heavy atom. The van der Waals surface area contributed by atoms with Gasteiger partial charge in [0, 0.05) is 5.92 Å². The van der Waals surface area contributed by atoms with Gasteiger partial charge in [-0.15, -0.1) is 0 Å². The third-order valence-electron chi connectivity index (χ3n) is 3.19. The number of hydrogen-bond donors (Lipinski definition) is 2. The van der Waals surface area contributed by atoms with Gasteiger partial charge in [-0.2, -0.15) is 0 Å². The molecule has 13 heavy (non-hydrogen) atoms. The molecular formula is C8H12O5. The summed E-state index contributed by atoms with van der Waals surface area (Å²) in [5.74, 6) is 0.0152. The van der Waals surface area contributed by atoms with E-state index in [0.717, 1.165) is 0 Å². The third kappa shape index (κ3) is 0.884. The molecule has 0 aromatic rings. The number of rotatable bonds is 0. The van der Waals surface area contributed by atoms with Crippen LogP contribution in [0.15, 0.2) is 0 Å². The van der Waals surface area contributed by atoms with Gasteiger partial charge in [0.15, 0.2) is 0 Å². The Hall–Kier alpha value is -0.200. The van der Waals surface area contributed by atoms with E-state index in [9.17, 15) is 10.2 Å². The summed E-state index contributed by atoms with van der Waals surface area (Å²) in [6.45, 7) is 1.21. The third-order valence-corrected chi connectivity index (χ3v) is 3.19. The van der Waals surface area contributed by atoms with E-state index in [-0.39, 0.29) is 18.1 Å². The molecule has 0 radical (unpaired) electrons. The fourth-order valence-corrected chi connectivity index (χ4v) is 2.44. The number of hydrogen-bond acceptors (Lipinski definition) is 5. The molecule has 7 atom stereocenters. The van der Waals surface area contributed by atoms with Gasteiger partial charge in [-0.05, 0) is 0 Å². The maximum absolute atomic E-state index is 9.70. The predicted molar refractivity (Wildman–Crippen MR) is 39.6 cm³/mol. The quantitative estimate of drug-likeness (QED) is 0.501. The van der Waals surface area contributed by atoms with E-state index in [0.29, 0.717) is 0 Å². The normalized spacial score (nSPS) is 64.4. The Bertz CT molecular complexity index is 183. The van der Waals surface area contributed by atoms with Crippen LogP contribution in [-0.4, -0.2) is 47.2 Å². The van der Waals surface area contributed by atoms with Crippen molar-refractivity contribution in [3.8, 4) is 0 Å². The largest absolute Gasteiger partial charge is 0.388 e. The van der Waals surface area contributed by atoms with E-state index in [2.05, 4.69) is 0 Å². The smallest absolute Gasteiger partial charge is 0.272 e. The Kier molecular flexibility index (Phi) is 1.52. The molecule has 4 fully saturated rings. The Labute approximate surface area is 75.2 Å². The van der Waals surface area contributed by atoms with Crippen molar-refractivity contribution in [2.45, 2.75) is 43.9 Å². The summed E-state index contributed by atoms with van der Waals surface area (Å²) in [7, 11) is 0. The van der Waals surface area contributed by atoms with Crippen molar-refractivity contribution in [3.05, 3.63) is 0 Å². The van der Waals surface area contributed by atoms with Crippen molar-refractivity contribution >= 4 is 0 Å². The fourth-order valence-electron chi connectivity index (χ4n) is 2.44. The minimum atomic E-state index is -0.735. The summed E-state index contributed by atoms with van der Waals surface area (Å²) >= 11 is 0. The van der Waals surface area contributed by atoms with E-state index in [1.54, 1.807) is 0 Å². The zero-order valence-electron chi connectivity index (χ0n) is 7.16. The number of aliphatic hydroxyl groups is 2. The van der Waals surface area contributed by atoms with Crippen molar-refractivity contribution in [3.63, 3.8) is 0 Å². The first-order chi connectivity index (χ1) is 6.18. The van der Waals surface area contributed by atoms with Gasteiger partial charge in [-0.1, -0.05) is 6.92 Å². The van der Waals surface area contributed by atoms with Crippen molar-refractivity contribution in [1.82, 2.24) is 0 Å². The second-order valence-electron chi connectivity index (χ2n) is 3.93. The molecule has 3 saturated heterocycles. The molecule has 1 saturated carbocycles. The van der Waals surface area contributed by atoms with Gasteiger partial charge in [0.2, 0.25) is 0 Å². The molecule has 0 aromatic heterocycles. The first kappa shape index (κ1) is 8.14. The standard InChI is InChI=1S/C8H12O5/c1-2-5-3(9)7-4(10)6(2)12-8(11-5)13-7/h2-10H,1H3/t2-,3?,4?,5-,6?,7+,8?/m1/s1. The highest BCUT2D eigenvalue weighted by atomic mass is 16.9. The van der Waals surface area contributed by atoms with Gasteiger partial charge >= 0.3 is 0 Å². The monoisotopic (exact) mass is 188 g/mol. The van der Waals surface area contributed by atoms with E-state index in [1.165, 1.54) is 0 Å². The first-order valence-corrected chi connectivity index (χ1v) is 4.51. The molecule has 3 heterocycles. The average Bonchev–Trinajstić information content (AvgIpc) is 2.12. The highest BCUT2D eigenvalue weighted by molar-refractivity contribution is 5.03. The van der Waals surface area contributed by atoms with Crippen molar-refractivity contribution in [2.75, 3.05) is 0 Å². The highest BCUT2D eigenvalue weighted by Gasteiger charge is 2.59. The topological polar surface area (TPSA) is 68.2 Å². The van der Waals surface area contributed by atoms with Crippen LogP contribution in [0.5, 0.6) is 0 Å². The summed E-state index contributed by atoms with van der Waals surface area (Å²) in [4.78, 5) is 0. The van der Waals surface area contributed by atoms with Crippen LogP contribution in [0.1, 0.15) is 6.92 Å². The lowest BCUT2D eigenvalue weighted by Gasteiger charge is -2.56. The molecule has 4 aliphatic rings. The summed E-state index contributed by atoms with van der Waals surface area (Å²) in [5.41, 5.74) is 0. The minimum Gasteiger partial charge on any atom is -0.388 e. The zero-order valence-corrected chi connectivity index (χ0v) is 7.16. The fraction of sp³-hybridized carbons (Fsp3) is 1.00. The second kappa shape index (κ2) is 2.43. The van der Waals surface area contributed by atoms with Crippen LogP contribution in [0.4, 0.5) is 0 Å². The van der Waals surface area contributed by atoms with Gasteiger partial charge in [-0.3, -0.25) is 0 Å². The molecule has 0 aromatic carbocycles. The van der Waals surface area contributed by atoms with Crippen molar-refractivity contribution in [2.24, 2.45) is 5.92 Å². The lowest BCUT2D eigenvalue weighted by molar-refractivity contribution is -0.475. The zero-order chi connectivity index (χ0) is 9.16. The molecule has 0 amide bonds. The SMILES string of the molecule is C[C@H]1C2OC3O[C@H](C2O)C(O)[C@@H]1O3. The van der Waals surface area contributed by atoms with Crippen LogP contribution >= 0.6 is 0 Å². The molecule has 1 aliphatic carbocycles. The van der Waals surface area contributed by atoms with Gasteiger partial charge in [-0.25, -0.2) is 0 Å². The van der Waals surface area contributed by atoms with Crippen LogP contribution in [0, 0.1) is 5.92 Å². The van der Waals surface area contributed by atoms with Crippen LogP contribution in [-0.2, 0) is 14.2 Å². The maximum atomic E-state index is 9.70.